The summed E-state index contributed by atoms with van der Waals surface area (Å²) in [6.07, 6.45) is 6.27. The normalized spacial score (nSPS) is 35.3. The molecule has 0 aromatic heterocycles. The highest BCUT2D eigenvalue weighted by molar-refractivity contribution is 7.87. The molecule has 1 unspecified atom stereocenters. The summed E-state index contributed by atoms with van der Waals surface area (Å²) in [6, 6.07) is 8.66. The lowest BCUT2D eigenvalue weighted by molar-refractivity contribution is 0.212. The summed E-state index contributed by atoms with van der Waals surface area (Å²) in [5, 5.41) is 0. The van der Waals surface area contributed by atoms with E-state index in [1.807, 2.05) is 0 Å². The summed E-state index contributed by atoms with van der Waals surface area (Å²) in [7, 11) is -3.31. The largest absolute Gasteiger partial charge is 0.280 e. The minimum Gasteiger partial charge on any atom is -0.195 e. The molecule has 2 bridgehead atoms. The third-order valence-electron chi connectivity index (χ3n) is 6.23. The number of benzene rings is 1. The summed E-state index contributed by atoms with van der Waals surface area (Å²) < 4.78 is 30.2. The van der Waals surface area contributed by atoms with Crippen LogP contribution < -0.4 is 4.72 Å². The second-order valence-corrected chi connectivity index (χ2v) is 9.15. The van der Waals surface area contributed by atoms with Crippen LogP contribution in [0.15, 0.2) is 24.3 Å². The predicted octanol–water partition coefficient (Wildman–Crippen LogP) is 2.50. The van der Waals surface area contributed by atoms with Gasteiger partial charge in [0.25, 0.3) is 10.2 Å². The van der Waals surface area contributed by atoms with Gasteiger partial charge in [0.2, 0.25) is 0 Å². The highest BCUT2D eigenvalue weighted by Gasteiger charge is 2.58. The molecule has 3 atom stereocenters. The van der Waals surface area contributed by atoms with Gasteiger partial charge in [-0.2, -0.15) is 17.4 Å². The van der Waals surface area contributed by atoms with Crippen molar-refractivity contribution in [3.05, 3.63) is 35.4 Å². The van der Waals surface area contributed by atoms with Crippen LogP contribution in [-0.4, -0.2) is 31.4 Å². The van der Waals surface area contributed by atoms with E-state index in [0.29, 0.717) is 24.9 Å². The summed E-state index contributed by atoms with van der Waals surface area (Å²) in [5.74, 6) is 0.857. The molecule has 3 aliphatic rings. The van der Waals surface area contributed by atoms with Gasteiger partial charge in [0.15, 0.2) is 0 Å². The molecule has 1 saturated carbocycles. The molecule has 1 heterocycles. The van der Waals surface area contributed by atoms with E-state index in [1.54, 1.807) is 4.31 Å². The number of nitrogens with zero attached hydrogens (tertiary/aromatic N) is 1. The molecule has 1 aliphatic heterocycles. The molecule has 23 heavy (non-hydrogen) atoms. The first-order valence-corrected chi connectivity index (χ1v) is 10.3. The zero-order valence-electron chi connectivity index (χ0n) is 13.8. The van der Waals surface area contributed by atoms with Crippen molar-refractivity contribution in [1.29, 1.82) is 0 Å². The second-order valence-electron chi connectivity index (χ2n) is 7.48. The van der Waals surface area contributed by atoms with Gasteiger partial charge >= 0.3 is 0 Å². The minimum absolute atomic E-state index is 0.244. The van der Waals surface area contributed by atoms with E-state index >= 15 is 0 Å². The SMILES string of the molecule is CCCCN1CC2(NS1(=O)=O)[C@@H]1CC[C@H]2Cc2ccccc2C1. The molecular formula is C18H26N2O2S. The van der Waals surface area contributed by atoms with Crippen LogP contribution in [0.4, 0.5) is 0 Å². The lowest BCUT2D eigenvalue weighted by Gasteiger charge is -2.33. The topological polar surface area (TPSA) is 49.4 Å². The fourth-order valence-electron chi connectivity index (χ4n) is 4.98. The van der Waals surface area contributed by atoms with Gasteiger partial charge in [0, 0.05) is 13.1 Å². The number of fused-ring (bicyclic) bond motifs is 1. The molecule has 2 fully saturated rings. The van der Waals surface area contributed by atoms with Crippen LogP contribution in [0.25, 0.3) is 0 Å². The Hall–Kier alpha value is -0.910. The summed E-state index contributed by atoms with van der Waals surface area (Å²) in [4.78, 5) is 0. The standard InChI is InChI=1S/C18H26N2O2S/c1-2-3-10-20-13-18(19-23(20,21)22)16-8-9-17(18)12-15-7-5-4-6-14(15)11-16/h4-7,16-17,19H,2-3,8-13H2,1H3/t16-,17+,18?. The number of hydrogen-bond acceptors (Lipinski definition) is 2. The Kier molecular flexibility index (Phi) is 3.78. The Labute approximate surface area is 139 Å². The molecule has 126 valence electrons. The van der Waals surface area contributed by atoms with Crippen molar-refractivity contribution in [2.45, 2.75) is 51.0 Å². The third kappa shape index (κ3) is 2.44. The maximum absolute atomic E-state index is 12.7. The fraction of sp³-hybridized carbons (Fsp3) is 0.667. The van der Waals surface area contributed by atoms with Crippen molar-refractivity contribution in [3.63, 3.8) is 0 Å². The van der Waals surface area contributed by atoms with Gasteiger partial charge in [0.05, 0.1) is 5.54 Å². The van der Waals surface area contributed by atoms with Crippen molar-refractivity contribution in [2.75, 3.05) is 13.1 Å². The average molecular weight is 334 g/mol. The van der Waals surface area contributed by atoms with Crippen molar-refractivity contribution >= 4 is 10.2 Å². The molecule has 1 saturated heterocycles. The Balaban J connectivity index is 1.68. The van der Waals surface area contributed by atoms with E-state index in [0.717, 1.165) is 38.5 Å². The van der Waals surface area contributed by atoms with E-state index in [-0.39, 0.29) is 5.54 Å². The maximum atomic E-state index is 12.7. The quantitative estimate of drug-likeness (QED) is 0.923. The molecule has 5 heteroatoms. The Morgan fingerprint density at radius 2 is 1.78 bits per heavy atom. The van der Waals surface area contributed by atoms with Crippen LogP contribution in [0, 0.1) is 11.8 Å². The van der Waals surface area contributed by atoms with Crippen LogP contribution in [-0.2, 0) is 23.1 Å². The van der Waals surface area contributed by atoms with Gasteiger partial charge < -0.3 is 0 Å². The number of nitrogens with one attached hydrogen (secondary N) is 1. The van der Waals surface area contributed by atoms with Gasteiger partial charge in [-0.05, 0) is 55.1 Å². The van der Waals surface area contributed by atoms with E-state index < -0.39 is 10.2 Å². The minimum atomic E-state index is -3.31. The lowest BCUT2D eigenvalue weighted by atomic mass is 9.79. The molecule has 4 rings (SSSR count). The Morgan fingerprint density at radius 1 is 1.17 bits per heavy atom. The van der Waals surface area contributed by atoms with Gasteiger partial charge in [-0.1, -0.05) is 37.6 Å². The first kappa shape index (κ1) is 15.6. The van der Waals surface area contributed by atoms with E-state index in [1.165, 1.54) is 11.1 Å². The molecular weight excluding hydrogens is 308 g/mol. The fourth-order valence-corrected chi connectivity index (χ4v) is 6.74. The maximum Gasteiger partial charge on any atom is 0.280 e. The monoisotopic (exact) mass is 334 g/mol. The Bertz CT molecular complexity index is 668. The van der Waals surface area contributed by atoms with Crippen molar-refractivity contribution in [1.82, 2.24) is 9.03 Å². The number of unbranched alkanes of at least 4 members (excludes halogenated alkanes) is 1. The van der Waals surface area contributed by atoms with Crippen molar-refractivity contribution in [3.8, 4) is 0 Å². The van der Waals surface area contributed by atoms with Crippen LogP contribution in [0.1, 0.15) is 43.7 Å². The van der Waals surface area contributed by atoms with Crippen molar-refractivity contribution < 1.29 is 8.42 Å². The molecule has 2 aliphatic carbocycles. The summed E-state index contributed by atoms with van der Waals surface area (Å²) in [6.45, 7) is 3.43. The van der Waals surface area contributed by atoms with Gasteiger partial charge in [0.1, 0.15) is 0 Å². The average Bonchev–Trinajstić information content (AvgIpc) is 2.90. The predicted molar refractivity (Wildman–Crippen MR) is 91.3 cm³/mol. The van der Waals surface area contributed by atoms with E-state index in [9.17, 15) is 8.42 Å². The van der Waals surface area contributed by atoms with Crippen LogP contribution in [0.5, 0.6) is 0 Å². The van der Waals surface area contributed by atoms with Crippen LogP contribution >= 0.6 is 0 Å². The van der Waals surface area contributed by atoms with Crippen LogP contribution in [0.2, 0.25) is 0 Å². The third-order valence-corrected chi connectivity index (χ3v) is 7.86. The van der Waals surface area contributed by atoms with Gasteiger partial charge in [-0.25, -0.2) is 0 Å². The molecule has 0 radical (unpaired) electrons. The lowest BCUT2D eigenvalue weighted by Crippen LogP contribution is -2.52. The second kappa shape index (κ2) is 5.57. The smallest absolute Gasteiger partial charge is 0.195 e. The summed E-state index contributed by atoms with van der Waals surface area (Å²) in [5.41, 5.74) is 2.60. The Morgan fingerprint density at radius 3 is 2.35 bits per heavy atom. The number of hydrogen-bond donors (Lipinski definition) is 1. The first-order chi connectivity index (χ1) is 11.0. The molecule has 1 aromatic rings. The van der Waals surface area contributed by atoms with Crippen molar-refractivity contribution in [2.24, 2.45) is 11.8 Å². The highest BCUT2D eigenvalue weighted by Crippen LogP contribution is 2.50. The summed E-state index contributed by atoms with van der Waals surface area (Å²) >= 11 is 0. The number of rotatable bonds is 3. The van der Waals surface area contributed by atoms with Gasteiger partial charge in [-0.15, -0.1) is 0 Å². The first-order valence-electron chi connectivity index (χ1n) is 8.91. The molecule has 4 nitrogen and oxygen atoms in total. The molecule has 0 amide bonds. The van der Waals surface area contributed by atoms with E-state index in [4.69, 9.17) is 0 Å². The highest BCUT2D eigenvalue weighted by atomic mass is 32.2. The zero-order chi connectivity index (χ0) is 16.1. The zero-order valence-corrected chi connectivity index (χ0v) is 14.6. The van der Waals surface area contributed by atoms with E-state index in [2.05, 4.69) is 35.9 Å². The molecule has 1 N–H and O–H groups in total. The van der Waals surface area contributed by atoms with Gasteiger partial charge in [-0.3, -0.25) is 0 Å². The molecule has 1 spiro atoms. The van der Waals surface area contributed by atoms with Crippen LogP contribution in [0.3, 0.4) is 0 Å². The molecule has 1 aromatic carbocycles.